The van der Waals surface area contributed by atoms with Gasteiger partial charge in [-0.3, -0.25) is 4.79 Å². The molecule has 1 fully saturated rings. The lowest BCUT2D eigenvalue weighted by molar-refractivity contribution is 0.0596. The van der Waals surface area contributed by atoms with Crippen molar-refractivity contribution in [3.05, 3.63) is 41.5 Å². The topological polar surface area (TPSA) is 52.6 Å². The molecule has 4 heteroatoms. The van der Waals surface area contributed by atoms with Gasteiger partial charge in [0.15, 0.2) is 5.78 Å². The maximum absolute atomic E-state index is 12.2. The summed E-state index contributed by atoms with van der Waals surface area (Å²) < 4.78 is 9.84. The molecule has 0 saturated heterocycles. The average Bonchev–Trinajstić information content (AvgIpc) is 3.04. The first-order valence-corrected chi connectivity index (χ1v) is 7.14. The molecule has 0 aromatic heterocycles. The molecular formula is C17H20O4. The van der Waals surface area contributed by atoms with Crippen molar-refractivity contribution in [2.45, 2.75) is 25.7 Å². The second-order valence-corrected chi connectivity index (χ2v) is 5.17. The van der Waals surface area contributed by atoms with Crippen LogP contribution in [0.25, 0.3) is 0 Å². The van der Waals surface area contributed by atoms with E-state index in [1.807, 2.05) is 6.08 Å². The van der Waals surface area contributed by atoms with Crippen molar-refractivity contribution in [1.82, 2.24) is 0 Å². The molecule has 4 nitrogen and oxygen atoms in total. The molecule has 1 aliphatic carbocycles. The highest BCUT2D eigenvalue weighted by molar-refractivity contribution is 6.05. The van der Waals surface area contributed by atoms with Crippen LogP contribution in [0.4, 0.5) is 0 Å². The Morgan fingerprint density at radius 1 is 1.19 bits per heavy atom. The Morgan fingerprint density at radius 3 is 2.52 bits per heavy atom. The Morgan fingerprint density at radius 2 is 1.90 bits per heavy atom. The van der Waals surface area contributed by atoms with Gasteiger partial charge in [-0.25, -0.2) is 4.79 Å². The van der Waals surface area contributed by atoms with Crippen molar-refractivity contribution < 1.29 is 19.1 Å². The van der Waals surface area contributed by atoms with E-state index in [0.29, 0.717) is 22.8 Å². The fourth-order valence-corrected chi connectivity index (χ4v) is 2.59. The van der Waals surface area contributed by atoms with Crippen molar-refractivity contribution in [3.8, 4) is 5.75 Å². The van der Waals surface area contributed by atoms with E-state index in [1.165, 1.54) is 27.1 Å². The largest absolute Gasteiger partial charge is 0.496 e. The molecule has 1 saturated carbocycles. The molecule has 1 aromatic rings. The lowest BCUT2D eigenvalue weighted by atomic mass is 10.0. The third kappa shape index (κ3) is 3.72. The Bertz CT molecular complexity index is 554. The zero-order chi connectivity index (χ0) is 15.2. The number of carbonyl (C=O) groups is 2. The van der Waals surface area contributed by atoms with Crippen molar-refractivity contribution in [3.63, 3.8) is 0 Å². The number of methoxy groups -OCH3 is 2. The predicted molar refractivity (Wildman–Crippen MR) is 79.8 cm³/mol. The first kappa shape index (κ1) is 15.3. The van der Waals surface area contributed by atoms with Gasteiger partial charge < -0.3 is 9.47 Å². The molecule has 112 valence electrons. The molecule has 0 bridgehead atoms. The minimum atomic E-state index is -0.479. The molecule has 21 heavy (non-hydrogen) atoms. The summed E-state index contributed by atoms with van der Waals surface area (Å²) in [4.78, 5) is 23.7. The van der Waals surface area contributed by atoms with Crippen LogP contribution in [0.15, 0.2) is 30.4 Å². The Labute approximate surface area is 124 Å². The molecule has 2 rings (SSSR count). The third-order valence-corrected chi connectivity index (χ3v) is 3.81. The number of hydrogen-bond donors (Lipinski definition) is 0. The van der Waals surface area contributed by atoms with Crippen LogP contribution in [0.2, 0.25) is 0 Å². The van der Waals surface area contributed by atoms with Crippen LogP contribution in [0.5, 0.6) is 5.75 Å². The van der Waals surface area contributed by atoms with Gasteiger partial charge in [0, 0.05) is 5.56 Å². The SMILES string of the molecule is COC(=O)c1ccc(C(=O)/C=C/C2CCCC2)cc1OC. The molecule has 1 aromatic carbocycles. The number of allylic oxidation sites excluding steroid dienone is 2. The van der Waals surface area contributed by atoms with Gasteiger partial charge in [0.25, 0.3) is 0 Å². The summed E-state index contributed by atoms with van der Waals surface area (Å²) in [5, 5.41) is 0. The Kier molecular flexibility index (Phi) is 5.14. The number of ketones is 1. The quantitative estimate of drug-likeness (QED) is 0.473. The normalized spacial score (nSPS) is 15.3. The van der Waals surface area contributed by atoms with E-state index in [1.54, 1.807) is 24.3 Å². The minimum Gasteiger partial charge on any atom is -0.496 e. The average molecular weight is 288 g/mol. The van der Waals surface area contributed by atoms with Crippen molar-refractivity contribution >= 4 is 11.8 Å². The highest BCUT2D eigenvalue weighted by Crippen LogP contribution is 2.26. The lowest BCUT2D eigenvalue weighted by Gasteiger charge is -2.08. The van der Waals surface area contributed by atoms with Gasteiger partial charge in [0.05, 0.1) is 14.2 Å². The van der Waals surface area contributed by atoms with Crippen LogP contribution in [-0.2, 0) is 4.74 Å². The first-order valence-electron chi connectivity index (χ1n) is 7.14. The van der Waals surface area contributed by atoms with Crippen molar-refractivity contribution in [2.24, 2.45) is 5.92 Å². The van der Waals surface area contributed by atoms with Crippen LogP contribution in [0, 0.1) is 5.92 Å². The number of esters is 1. The van der Waals surface area contributed by atoms with E-state index >= 15 is 0 Å². The van der Waals surface area contributed by atoms with Gasteiger partial charge in [-0.05, 0) is 43.0 Å². The van der Waals surface area contributed by atoms with Gasteiger partial charge in [0.2, 0.25) is 0 Å². The van der Waals surface area contributed by atoms with Crippen LogP contribution in [0.3, 0.4) is 0 Å². The molecule has 0 radical (unpaired) electrons. The Hall–Kier alpha value is -2.10. The molecule has 0 aliphatic heterocycles. The van der Waals surface area contributed by atoms with Gasteiger partial charge in [-0.15, -0.1) is 0 Å². The summed E-state index contributed by atoms with van der Waals surface area (Å²) in [7, 11) is 2.77. The van der Waals surface area contributed by atoms with Gasteiger partial charge >= 0.3 is 5.97 Å². The number of benzene rings is 1. The van der Waals surface area contributed by atoms with Crippen LogP contribution in [0.1, 0.15) is 46.4 Å². The summed E-state index contributed by atoms with van der Waals surface area (Å²) in [5.74, 6) is 0.316. The zero-order valence-corrected chi connectivity index (χ0v) is 12.4. The van der Waals surface area contributed by atoms with Gasteiger partial charge in [-0.1, -0.05) is 18.9 Å². The first-order chi connectivity index (χ1) is 10.2. The maximum Gasteiger partial charge on any atom is 0.341 e. The molecule has 1 aliphatic rings. The van der Waals surface area contributed by atoms with Gasteiger partial charge in [0.1, 0.15) is 11.3 Å². The summed E-state index contributed by atoms with van der Waals surface area (Å²) in [6, 6.07) is 4.75. The summed E-state index contributed by atoms with van der Waals surface area (Å²) in [6.45, 7) is 0. The van der Waals surface area contributed by atoms with Crippen LogP contribution < -0.4 is 4.74 Å². The molecule has 0 spiro atoms. The summed E-state index contributed by atoms with van der Waals surface area (Å²) in [6.07, 6.45) is 8.43. The monoisotopic (exact) mass is 288 g/mol. The molecular weight excluding hydrogens is 268 g/mol. The number of hydrogen-bond acceptors (Lipinski definition) is 4. The minimum absolute atomic E-state index is 0.0726. The highest BCUT2D eigenvalue weighted by Gasteiger charge is 2.16. The van der Waals surface area contributed by atoms with E-state index in [2.05, 4.69) is 4.74 Å². The van der Waals surface area contributed by atoms with E-state index in [-0.39, 0.29) is 5.78 Å². The van der Waals surface area contributed by atoms with E-state index in [9.17, 15) is 9.59 Å². The van der Waals surface area contributed by atoms with E-state index < -0.39 is 5.97 Å². The molecule has 0 heterocycles. The fraction of sp³-hybridized carbons (Fsp3) is 0.412. The third-order valence-electron chi connectivity index (χ3n) is 3.81. The summed E-state index contributed by atoms with van der Waals surface area (Å²) >= 11 is 0. The van der Waals surface area contributed by atoms with Gasteiger partial charge in [-0.2, -0.15) is 0 Å². The van der Waals surface area contributed by atoms with Crippen molar-refractivity contribution in [1.29, 1.82) is 0 Å². The van der Waals surface area contributed by atoms with Crippen molar-refractivity contribution in [2.75, 3.05) is 14.2 Å². The van der Waals surface area contributed by atoms with E-state index in [0.717, 1.165) is 12.8 Å². The highest BCUT2D eigenvalue weighted by atomic mass is 16.5. The lowest BCUT2D eigenvalue weighted by Crippen LogP contribution is -2.06. The fourth-order valence-electron chi connectivity index (χ4n) is 2.59. The molecule has 0 unspecified atom stereocenters. The maximum atomic E-state index is 12.2. The number of carbonyl (C=O) groups excluding carboxylic acids is 2. The van der Waals surface area contributed by atoms with Crippen LogP contribution >= 0.6 is 0 Å². The summed E-state index contributed by atoms with van der Waals surface area (Å²) in [5.41, 5.74) is 0.824. The second-order valence-electron chi connectivity index (χ2n) is 5.17. The van der Waals surface area contributed by atoms with E-state index in [4.69, 9.17) is 4.74 Å². The molecule has 0 amide bonds. The Balaban J connectivity index is 2.15. The van der Waals surface area contributed by atoms with Crippen LogP contribution in [-0.4, -0.2) is 26.0 Å². The zero-order valence-electron chi connectivity index (χ0n) is 12.4. The number of ether oxygens (including phenoxy) is 2. The standard InChI is InChI=1S/C17H20O4/c1-20-16-11-13(8-9-14(16)17(19)21-2)15(18)10-7-12-5-3-4-6-12/h7-12H,3-6H2,1-2H3/b10-7+. The molecule has 0 N–H and O–H groups in total. The smallest absolute Gasteiger partial charge is 0.341 e. The predicted octanol–water partition coefficient (Wildman–Crippen LogP) is 3.41. The number of rotatable bonds is 5. The molecule has 0 atom stereocenters. The second kappa shape index (κ2) is 7.07.